The van der Waals surface area contributed by atoms with Gasteiger partial charge in [0.05, 0.1) is 32.0 Å². The molecule has 0 radical (unpaired) electrons. The molecule has 0 aliphatic carbocycles. The number of amides is 1. The zero-order chi connectivity index (χ0) is 58.7. The topological polar surface area (TPSA) is 175 Å². The zero-order valence-electron chi connectivity index (χ0n) is 51.7. The Labute approximate surface area is 495 Å². The number of rotatable bonds is 57. The standard InChI is InChI=1S/C70H123NO10/c1-3-5-7-9-11-13-14-15-31-35-38-42-46-50-54-58-66(75)79-59-55-51-47-43-39-36-33-30-28-26-24-22-20-18-16-17-19-21-23-25-27-29-32-34-37-41-45-49-53-57-65(74)71-62(63(73)56-52-48-44-40-12-10-8-6-4-2)61-80-70-69(78)68(77)67(76)64(60-72)81-70/h4,6,11-13,15-16,18,22,24,31,40,52,56,62-64,67-70,72-73,76-78H,3,5,7-10,14,17,19-21,23,25-30,32-39,41-51,53-55,57-61H2,1-2H3,(H,71,74)/b6-4+,13-11-,18-16-,24-22-,31-15-,40-12+,56-52+. The fourth-order valence-corrected chi connectivity index (χ4v) is 10.0. The third-order valence-electron chi connectivity index (χ3n) is 15.3. The van der Waals surface area contributed by atoms with Gasteiger partial charge in [0.15, 0.2) is 6.29 Å². The van der Waals surface area contributed by atoms with Gasteiger partial charge in [-0.25, -0.2) is 0 Å². The highest BCUT2D eigenvalue weighted by atomic mass is 16.7. The molecule has 6 N–H and O–H groups in total. The minimum Gasteiger partial charge on any atom is -0.466 e. The Morgan fingerprint density at radius 3 is 1.36 bits per heavy atom. The maximum absolute atomic E-state index is 13.0. The molecule has 1 saturated heterocycles. The van der Waals surface area contributed by atoms with Gasteiger partial charge in [0, 0.05) is 12.8 Å². The molecule has 81 heavy (non-hydrogen) atoms. The second-order valence-corrected chi connectivity index (χ2v) is 22.8. The van der Waals surface area contributed by atoms with Crippen LogP contribution in [-0.2, 0) is 23.8 Å². The summed E-state index contributed by atoms with van der Waals surface area (Å²) in [5.41, 5.74) is 0. The summed E-state index contributed by atoms with van der Waals surface area (Å²) in [6, 6.07) is -0.836. The number of hydrogen-bond donors (Lipinski definition) is 6. The average molecular weight is 1140 g/mol. The number of esters is 1. The Kier molecular flexibility index (Phi) is 54.9. The molecule has 468 valence electrons. The van der Waals surface area contributed by atoms with E-state index in [4.69, 9.17) is 14.2 Å². The van der Waals surface area contributed by atoms with Crippen LogP contribution in [0.4, 0.5) is 0 Å². The van der Waals surface area contributed by atoms with Crippen LogP contribution in [0.3, 0.4) is 0 Å². The van der Waals surface area contributed by atoms with E-state index < -0.39 is 49.5 Å². The molecular formula is C70H123NO10. The number of hydrogen-bond acceptors (Lipinski definition) is 10. The van der Waals surface area contributed by atoms with Gasteiger partial charge in [-0.05, 0) is 116 Å². The van der Waals surface area contributed by atoms with Crippen LogP contribution in [0.2, 0.25) is 0 Å². The van der Waals surface area contributed by atoms with E-state index in [1.54, 1.807) is 6.08 Å². The van der Waals surface area contributed by atoms with Crippen LogP contribution >= 0.6 is 0 Å². The lowest BCUT2D eigenvalue weighted by Crippen LogP contribution is -2.60. The predicted octanol–water partition coefficient (Wildman–Crippen LogP) is 16.5. The minimum absolute atomic E-state index is 0.0122. The second kappa shape index (κ2) is 58.6. The van der Waals surface area contributed by atoms with Crippen molar-refractivity contribution in [3.63, 3.8) is 0 Å². The minimum atomic E-state index is -1.58. The highest BCUT2D eigenvalue weighted by Crippen LogP contribution is 2.23. The maximum Gasteiger partial charge on any atom is 0.305 e. The Morgan fingerprint density at radius 2 is 0.889 bits per heavy atom. The van der Waals surface area contributed by atoms with E-state index in [0.29, 0.717) is 19.4 Å². The van der Waals surface area contributed by atoms with Gasteiger partial charge in [-0.1, -0.05) is 240 Å². The first kappa shape index (κ1) is 75.9. The van der Waals surface area contributed by atoms with Crippen LogP contribution in [0.25, 0.3) is 0 Å². The fourth-order valence-electron chi connectivity index (χ4n) is 10.0. The van der Waals surface area contributed by atoms with Gasteiger partial charge < -0.3 is 45.1 Å². The molecule has 1 heterocycles. The van der Waals surface area contributed by atoms with Gasteiger partial charge >= 0.3 is 5.97 Å². The average Bonchev–Trinajstić information content (AvgIpc) is 3.47. The van der Waals surface area contributed by atoms with Gasteiger partial charge in [-0.2, -0.15) is 0 Å². The molecule has 1 aliphatic heterocycles. The molecule has 0 aromatic heterocycles. The summed E-state index contributed by atoms with van der Waals surface area (Å²) in [5.74, 6) is -0.214. The van der Waals surface area contributed by atoms with Crippen LogP contribution < -0.4 is 5.32 Å². The number of nitrogens with one attached hydrogen (secondary N) is 1. The summed E-state index contributed by atoms with van der Waals surface area (Å²) in [7, 11) is 0. The van der Waals surface area contributed by atoms with Crippen LogP contribution in [0.1, 0.15) is 284 Å². The molecule has 11 nitrogen and oxygen atoms in total. The summed E-state index contributed by atoms with van der Waals surface area (Å²) >= 11 is 0. The normalized spacial score (nSPS) is 18.8. The van der Waals surface area contributed by atoms with Gasteiger partial charge in [-0.15, -0.1) is 0 Å². The van der Waals surface area contributed by atoms with Crippen molar-refractivity contribution >= 4 is 11.9 Å². The smallest absolute Gasteiger partial charge is 0.305 e. The number of aliphatic hydroxyl groups is 5. The molecule has 7 unspecified atom stereocenters. The molecule has 0 spiro atoms. The number of aliphatic hydroxyl groups excluding tert-OH is 5. The Hall–Kier alpha value is -3.16. The Morgan fingerprint density at radius 1 is 0.481 bits per heavy atom. The maximum atomic E-state index is 13.0. The van der Waals surface area contributed by atoms with E-state index in [1.165, 1.54) is 173 Å². The van der Waals surface area contributed by atoms with Crippen molar-refractivity contribution in [2.75, 3.05) is 19.8 Å². The van der Waals surface area contributed by atoms with E-state index in [2.05, 4.69) is 79.1 Å². The van der Waals surface area contributed by atoms with Crippen LogP contribution in [0, 0.1) is 0 Å². The lowest BCUT2D eigenvalue weighted by atomic mass is 9.99. The van der Waals surface area contributed by atoms with Gasteiger partial charge in [0.25, 0.3) is 0 Å². The highest BCUT2D eigenvalue weighted by molar-refractivity contribution is 5.76. The zero-order valence-corrected chi connectivity index (χ0v) is 51.7. The summed E-state index contributed by atoms with van der Waals surface area (Å²) in [4.78, 5) is 25.1. The van der Waals surface area contributed by atoms with E-state index >= 15 is 0 Å². The molecule has 1 amide bonds. The third kappa shape index (κ3) is 47.8. The molecule has 11 heteroatoms. The van der Waals surface area contributed by atoms with Crippen molar-refractivity contribution in [1.29, 1.82) is 0 Å². The molecule has 1 aliphatic rings. The molecule has 0 saturated carbocycles. The lowest BCUT2D eigenvalue weighted by Gasteiger charge is -2.40. The lowest BCUT2D eigenvalue weighted by molar-refractivity contribution is -0.302. The van der Waals surface area contributed by atoms with Crippen molar-refractivity contribution < 1.29 is 49.3 Å². The summed E-state index contributed by atoms with van der Waals surface area (Å²) in [5, 5.41) is 54.2. The number of unbranched alkanes of at least 4 members (excludes halogenated alkanes) is 32. The van der Waals surface area contributed by atoms with Crippen molar-refractivity contribution in [3.05, 3.63) is 85.1 Å². The quantitative estimate of drug-likeness (QED) is 0.0195. The second-order valence-electron chi connectivity index (χ2n) is 22.8. The van der Waals surface area contributed by atoms with Crippen molar-refractivity contribution in [3.8, 4) is 0 Å². The summed E-state index contributed by atoms with van der Waals surface area (Å²) in [6.45, 7) is 4.05. The molecular weight excluding hydrogens is 1010 g/mol. The van der Waals surface area contributed by atoms with E-state index in [1.807, 2.05) is 19.1 Å². The monoisotopic (exact) mass is 1140 g/mol. The van der Waals surface area contributed by atoms with Gasteiger partial charge in [0.2, 0.25) is 5.91 Å². The molecule has 1 rings (SSSR count). The molecule has 7 atom stereocenters. The Bertz CT molecular complexity index is 1620. The molecule has 0 bridgehead atoms. The SMILES string of the molecule is C/C=C/CC/C=C/CC/C=C/C(O)C(COC1OC(CO)C(O)C(O)C1O)NC(=O)CCCCCCCCCCCCCCC/C=C\C/C=C\CCCCCCCCCCCOC(=O)CCCCCCC/C=C\C/C=C\CCCCC. The van der Waals surface area contributed by atoms with Crippen molar-refractivity contribution in [1.82, 2.24) is 5.32 Å². The predicted molar refractivity (Wildman–Crippen MR) is 338 cm³/mol. The third-order valence-corrected chi connectivity index (χ3v) is 15.3. The van der Waals surface area contributed by atoms with Crippen molar-refractivity contribution in [2.24, 2.45) is 0 Å². The number of carbonyl (C=O) groups is 2. The van der Waals surface area contributed by atoms with Crippen LogP contribution in [-0.4, -0.2) is 100 Å². The molecule has 1 fully saturated rings. The van der Waals surface area contributed by atoms with E-state index in [0.717, 1.165) is 83.5 Å². The molecule has 0 aromatic carbocycles. The number of carbonyl (C=O) groups excluding carboxylic acids is 2. The van der Waals surface area contributed by atoms with E-state index in [9.17, 15) is 35.1 Å². The largest absolute Gasteiger partial charge is 0.466 e. The first-order chi connectivity index (χ1) is 39.7. The first-order valence-corrected chi connectivity index (χ1v) is 33.3. The van der Waals surface area contributed by atoms with Crippen LogP contribution in [0.5, 0.6) is 0 Å². The van der Waals surface area contributed by atoms with E-state index in [-0.39, 0.29) is 18.5 Å². The summed E-state index contributed by atoms with van der Waals surface area (Å²) < 4.78 is 16.7. The Balaban J connectivity index is 1.96. The first-order valence-electron chi connectivity index (χ1n) is 33.3. The van der Waals surface area contributed by atoms with Crippen LogP contribution in [0.15, 0.2) is 85.1 Å². The molecule has 0 aromatic rings. The van der Waals surface area contributed by atoms with Crippen molar-refractivity contribution in [2.45, 2.75) is 326 Å². The fraction of sp³-hybridized carbons (Fsp3) is 0.771. The number of ether oxygens (including phenoxy) is 3. The number of allylic oxidation sites excluding steroid dienone is 13. The summed E-state index contributed by atoms with van der Waals surface area (Å²) in [6.07, 6.45) is 70.3. The highest BCUT2D eigenvalue weighted by Gasteiger charge is 2.44. The van der Waals surface area contributed by atoms with Gasteiger partial charge in [-0.3, -0.25) is 9.59 Å². The van der Waals surface area contributed by atoms with Gasteiger partial charge in [0.1, 0.15) is 24.4 Å².